The van der Waals surface area contributed by atoms with Crippen LogP contribution >= 0.6 is 0 Å². The van der Waals surface area contributed by atoms with Crippen molar-refractivity contribution >= 4 is 11.8 Å². The summed E-state index contributed by atoms with van der Waals surface area (Å²) in [7, 11) is 0. The number of hydrogen-bond donors (Lipinski definition) is 1. The van der Waals surface area contributed by atoms with Crippen LogP contribution in [0.2, 0.25) is 0 Å². The third-order valence-electron chi connectivity index (χ3n) is 4.40. The lowest BCUT2D eigenvalue weighted by Gasteiger charge is -2.33. The Kier molecular flexibility index (Phi) is 4.49. The molecule has 0 saturated carbocycles. The Bertz CT molecular complexity index is 663. The van der Waals surface area contributed by atoms with Crippen molar-refractivity contribution < 1.29 is 14.1 Å². The summed E-state index contributed by atoms with van der Waals surface area (Å²) in [4.78, 5) is 14.8. The molecule has 6 nitrogen and oxygen atoms in total. The van der Waals surface area contributed by atoms with E-state index >= 15 is 0 Å². The summed E-state index contributed by atoms with van der Waals surface area (Å²) in [5.41, 5.74) is 2.27. The number of carbonyl (C=O) groups excluding carboxylic acids is 1. The molecule has 130 valence electrons. The number of ether oxygens (including phenoxy) is 1. The van der Waals surface area contributed by atoms with Crippen LogP contribution < -0.4 is 5.32 Å². The molecule has 0 aromatic carbocycles. The molecule has 3 heterocycles. The molecule has 2 aliphatic heterocycles. The van der Waals surface area contributed by atoms with Crippen LogP contribution in [-0.2, 0) is 14.9 Å². The average molecular weight is 331 g/mol. The van der Waals surface area contributed by atoms with Crippen LogP contribution in [0.1, 0.15) is 39.3 Å². The van der Waals surface area contributed by atoms with Gasteiger partial charge in [0.1, 0.15) is 5.70 Å². The van der Waals surface area contributed by atoms with Gasteiger partial charge in [0, 0.05) is 37.3 Å². The van der Waals surface area contributed by atoms with Gasteiger partial charge in [-0.25, -0.2) is 0 Å². The Morgan fingerprint density at radius 3 is 2.71 bits per heavy atom. The molecular weight excluding hydrogens is 306 g/mol. The summed E-state index contributed by atoms with van der Waals surface area (Å²) in [5, 5.41) is 6.85. The van der Waals surface area contributed by atoms with Gasteiger partial charge < -0.3 is 14.2 Å². The maximum Gasteiger partial charge on any atom is 0.274 e. The molecular formula is C18H25N3O3. The summed E-state index contributed by atoms with van der Waals surface area (Å²) in [6, 6.07) is 2.09. The molecule has 0 spiro atoms. The lowest BCUT2D eigenvalue weighted by atomic mass is 9.92. The number of amides is 1. The fourth-order valence-corrected chi connectivity index (χ4v) is 3.01. The van der Waals surface area contributed by atoms with Crippen molar-refractivity contribution in [2.75, 3.05) is 25.1 Å². The fraction of sp³-hybridized carbons (Fsp3) is 0.556. The van der Waals surface area contributed by atoms with E-state index in [1.54, 1.807) is 6.07 Å². The summed E-state index contributed by atoms with van der Waals surface area (Å²) in [6.45, 7) is 12.3. The first-order valence-corrected chi connectivity index (χ1v) is 8.37. The highest BCUT2D eigenvalue weighted by Crippen LogP contribution is 2.28. The number of rotatable bonds is 3. The fourth-order valence-electron chi connectivity index (χ4n) is 3.01. The van der Waals surface area contributed by atoms with E-state index in [9.17, 15) is 4.79 Å². The normalized spacial score (nSPS) is 19.5. The third-order valence-corrected chi connectivity index (χ3v) is 4.40. The van der Waals surface area contributed by atoms with E-state index in [-0.39, 0.29) is 11.3 Å². The van der Waals surface area contributed by atoms with E-state index in [0.29, 0.717) is 24.2 Å². The van der Waals surface area contributed by atoms with Crippen molar-refractivity contribution in [1.82, 2.24) is 10.1 Å². The predicted molar refractivity (Wildman–Crippen MR) is 91.6 cm³/mol. The first-order chi connectivity index (χ1) is 11.3. The van der Waals surface area contributed by atoms with Gasteiger partial charge in [-0.15, -0.1) is 0 Å². The van der Waals surface area contributed by atoms with Gasteiger partial charge in [0.15, 0.2) is 0 Å². The quantitative estimate of drug-likeness (QED) is 0.922. The van der Waals surface area contributed by atoms with Crippen LogP contribution in [0.25, 0.3) is 0 Å². The molecule has 24 heavy (non-hydrogen) atoms. The number of carbonyl (C=O) groups is 1. The second kappa shape index (κ2) is 6.43. The van der Waals surface area contributed by atoms with Crippen LogP contribution in [0.15, 0.2) is 34.5 Å². The summed E-state index contributed by atoms with van der Waals surface area (Å²) in [5.74, 6) is 0.187. The topological polar surface area (TPSA) is 67.6 Å². The van der Waals surface area contributed by atoms with Crippen LogP contribution in [-0.4, -0.2) is 41.8 Å². The molecule has 2 aliphatic rings. The number of aromatic nitrogens is 1. The second-order valence-corrected chi connectivity index (χ2v) is 7.44. The molecule has 1 N–H and O–H groups in total. The van der Waals surface area contributed by atoms with E-state index in [1.165, 1.54) is 0 Å². The van der Waals surface area contributed by atoms with Crippen LogP contribution in [0.4, 0.5) is 5.88 Å². The Balaban J connectivity index is 1.71. The first-order valence-electron chi connectivity index (χ1n) is 8.37. The number of anilines is 1. The summed E-state index contributed by atoms with van der Waals surface area (Å²) < 4.78 is 10.7. The molecule has 0 atom stereocenters. The van der Waals surface area contributed by atoms with Gasteiger partial charge in [-0.1, -0.05) is 32.5 Å². The maximum atomic E-state index is 12.7. The Labute approximate surface area is 142 Å². The molecule has 1 saturated heterocycles. The van der Waals surface area contributed by atoms with Crippen molar-refractivity contribution in [2.45, 2.75) is 45.1 Å². The van der Waals surface area contributed by atoms with E-state index in [1.807, 2.05) is 26.8 Å². The molecule has 1 aromatic rings. The monoisotopic (exact) mass is 331 g/mol. The molecule has 0 unspecified atom stereocenters. The first kappa shape index (κ1) is 16.8. The SMILES string of the molecule is C=C1C=C(C(=O)Nc2cc(C(C)(C)C)no2)N(C2CCOCC2)C1. The summed E-state index contributed by atoms with van der Waals surface area (Å²) in [6.07, 6.45) is 3.70. The Hall–Kier alpha value is -2.08. The van der Waals surface area contributed by atoms with E-state index < -0.39 is 0 Å². The minimum atomic E-state index is -0.184. The van der Waals surface area contributed by atoms with Gasteiger partial charge in [0.05, 0.1) is 5.69 Å². The van der Waals surface area contributed by atoms with Crippen molar-refractivity contribution in [3.8, 4) is 0 Å². The Morgan fingerprint density at radius 2 is 2.08 bits per heavy atom. The van der Waals surface area contributed by atoms with Gasteiger partial charge in [0.2, 0.25) is 5.88 Å². The van der Waals surface area contributed by atoms with Gasteiger partial charge >= 0.3 is 0 Å². The molecule has 0 bridgehead atoms. The second-order valence-electron chi connectivity index (χ2n) is 7.44. The molecule has 0 aliphatic carbocycles. The average Bonchev–Trinajstić information content (AvgIpc) is 3.14. The standard InChI is InChI=1S/C18H25N3O3/c1-12-9-14(21(11-12)13-5-7-23-8-6-13)17(22)19-16-10-15(20-24-16)18(2,3)4/h9-10,13H,1,5-8,11H2,2-4H3,(H,19,22). The van der Waals surface area contributed by atoms with Crippen molar-refractivity contribution in [3.05, 3.63) is 35.7 Å². The zero-order valence-corrected chi connectivity index (χ0v) is 14.6. The van der Waals surface area contributed by atoms with Crippen molar-refractivity contribution in [2.24, 2.45) is 0 Å². The molecule has 3 rings (SSSR count). The van der Waals surface area contributed by atoms with E-state index in [2.05, 4.69) is 22.0 Å². The lowest BCUT2D eigenvalue weighted by Crippen LogP contribution is -2.40. The predicted octanol–water partition coefficient (Wildman–Crippen LogP) is 2.85. The summed E-state index contributed by atoms with van der Waals surface area (Å²) >= 11 is 0. The van der Waals surface area contributed by atoms with Gasteiger partial charge in [0.25, 0.3) is 5.91 Å². The molecule has 1 aromatic heterocycles. The van der Waals surface area contributed by atoms with Gasteiger partial charge in [-0.3, -0.25) is 10.1 Å². The third kappa shape index (κ3) is 3.53. The van der Waals surface area contributed by atoms with Crippen molar-refractivity contribution in [1.29, 1.82) is 0 Å². The smallest absolute Gasteiger partial charge is 0.274 e. The minimum absolute atomic E-state index is 0.123. The highest BCUT2D eigenvalue weighted by molar-refractivity contribution is 6.03. The van der Waals surface area contributed by atoms with Gasteiger partial charge in [-0.2, -0.15) is 0 Å². The highest BCUT2D eigenvalue weighted by atomic mass is 16.5. The van der Waals surface area contributed by atoms with E-state index in [0.717, 1.165) is 37.3 Å². The molecule has 1 fully saturated rings. The molecule has 0 radical (unpaired) electrons. The van der Waals surface area contributed by atoms with Crippen LogP contribution in [0.3, 0.4) is 0 Å². The van der Waals surface area contributed by atoms with Crippen molar-refractivity contribution in [3.63, 3.8) is 0 Å². The molecule has 1 amide bonds. The highest BCUT2D eigenvalue weighted by Gasteiger charge is 2.31. The van der Waals surface area contributed by atoms with Gasteiger partial charge in [-0.05, 0) is 24.5 Å². The van der Waals surface area contributed by atoms with Crippen LogP contribution in [0, 0.1) is 0 Å². The number of nitrogens with zero attached hydrogens (tertiary/aromatic N) is 2. The zero-order chi connectivity index (χ0) is 17.3. The minimum Gasteiger partial charge on any atom is -0.381 e. The van der Waals surface area contributed by atoms with Crippen LogP contribution in [0.5, 0.6) is 0 Å². The Morgan fingerprint density at radius 1 is 1.38 bits per heavy atom. The number of hydrogen-bond acceptors (Lipinski definition) is 5. The largest absolute Gasteiger partial charge is 0.381 e. The zero-order valence-electron chi connectivity index (χ0n) is 14.6. The number of nitrogens with one attached hydrogen (secondary N) is 1. The lowest BCUT2D eigenvalue weighted by molar-refractivity contribution is -0.114. The maximum absolute atomic E-state index is 12.7. The molecule has 6 heteroatoms. The van der Waals surface area contributed by atoms with E-state index in [4.69, 9.17) is 9.26 Å².